The summed E-state index contributed by atoms with van der Waals surface area (Å²) in [5.41, 5.74) is 0.743. The predicted octanol–water partition coefficient (Wildman–Crippen LogP) is 2.40. The standard InChI is InChI=1S/C12H13ClO4/c1-4-17-12(15)11(14)8-5-6-9(16-3)7(2)10(8)13/h5-6H,4H2,1-3H3. The molecule has 0 bridgehead atoms. The number of halogens is 1. The van der Waals surface area contributed by atoms with Crippen molar-refractivity contribution in [1.82, 2.24) is 0 Å². The Bertz CT molecular complexity index is 454. The molecule has 0 saturated heterocycles. The van der Waals surface area contributed by atoms with Crippen molar-refractivity contribution in [2.24, 2.45) is 0 Å². The van der Waals surface area contributed by atoms with Gasteiger partial charge in [0.1, 0.15) is 5.75 Å². The summed E-state index contributed by atoms with van der Waals surface area (Å²) in [5, 5.41) is 0.211. The van der Waals surface area contributed by atoms with Crippen LogP contribution < -0.4 is 4.74 Å². The van der Waals surface area contributed by atoms with Gasteiger partial charge in [0.25, 0.3) is 5.78 Å². The Hall–Kier alpha value is -1.55. The van der Waals surface area contributed by atoms with Gasteiger partial charge in [-0.05, 0) is 26.0 Å². The third-order valence-corrected chi connectivity index (χ3v) is 2.75. The maximum absolute atomic E-state index is 11.7. The Morgan fingerprint density at radius 1 is 1.35 bits per heavy atom. The van der Waals surface area contributed by atoms with E-state index in [4.69, 9.17) is 16.3 Å². The Morgan fingerprint density at radius 3 is 2.53 bits per heavy atom. The molecule has 0 fully saturated rings. The first kappa shape index (κ1) is 13.5. The third kappa shape index (κ3) is 2.77. The van der Waals surface area contributed by atoms with Crippen LogP contribution in [-0.4, -0.2) is 25.5 Å². The van der Waals surface area contributed by atoms with Crippen LogP contribution in [0.1, 0.15) is 22.8 Å². The summed E-state index contributed by atoms with van der Waals surface area (Å²) < 4.78 is 9.69. The summed E-state index contributed by atoms with van der Waals surface area (Å²) in [5.74, 6) is -1.09. The first-order valence-electron chi connectivity index (χ1n) is 5.07. The normalized spacial score (nSPS) is 9.88. The smallest absolute Gasteiger partial charge is 0.379 e. The molecule has 0 radical (unpaired) electrons. The van der Waals surface area contributed by atoms with Gasteiger partial charge < -0.3 is 9.47 Å². The molecule has 0 aromatic heterocycles. The first-order valence-corrected chi connectivity index (χ1v) is 5.45. The van der Waals surface area contributed by atoms with Crippen LogP contribution in [0.5, 0.6) is 5.75 Å². The van der Waals surface area contributed by atoms with Crippen molar-refractivity contribution in [2.45, 2.75) is 13.8 Å². The van der Waals surface area contributed by atoms with Gasteiger partial charge >= 0.3 is 5.97 Å². The van der Waals surface area contributed by atoms with E-state index in [0.717, 1.165) is 0 Å². The van der Waals surface area contributed by atoms with Crippen molar-refractivity contribution >= 4 is 23.4 Å². The molecule has 1 aromatic carbocycles. The van der Waals surface area contributed by atoms with Crippen LogP contribution >= 0.6 is 11.6 Å². The highest BCUT2D eigenvalue weighted by Gasteiger charge is 2.22. The number of hydrogen-bond donors (Lipinski definition) is 0. The van der Waals surface area contributed by atoms with Crippen molar-refractivity contribution in [2.75, 3.05) is 13.7 Å². The number of esters is 1. The SMILES string of the molecule is CCOC(=O)C(=O)c1ccc(OC)c(C)c1Cl. The average molecular weight is 257 g/mol. The van der Waals surface area contributed by atoms with E-state index in [2.05, 4.69) is 4.74 Å². The van der Waals surface area contributed by atoms with E-state index in [0.29, 0.717) is 11.3 Å². The summed E-state index contributed by atoms with van der Waals surface area (Å²) in [6.45, 7) is 3.49. The van der Waals surface area contributed by atoms with Crippen LogP contribution in [0.3, 0.4) is 0 Å². The van der Waals surface area contributed by atoms with Gasteiger partial charge in [0, 0.05) is 11.1 Å². The molecule has 0 unspecified atom stereocenters. The number of ether oxygens (including phenoxy) is 2. The lowest BCUT2D eigenvalue weighted by atomic mass is 10.1. The number of ketones is 1. The Labute approximate surface area is 104 Å². The molecule has 17 heavy (non-hydrogen) atoms. The van der Waals surface area contributed by atoms with Crippen LogP contribution in [0, 0.1) is 6.92 Å². The second-order valence-electron chi connectivity index (χ2n) is 3.30. The van der Waals surface area contributed by atoms with E-state index < -0.39 is 11.8 Å². The van der Waals surface area contributed by atoms with Crippen LogP contribution in [0.25, 0.3) is 0 Å². The quantitative estimate of drug-likeness (QED) is 0.472. The van der Waals surface area contributed by atoms with Gasteiger partial charge in [0.2, 0.25) is 0 Å². The molecule has 0 atom stereocenters. The summed E-state index contributed by atoms with van der Waals surface area (Å²) in [7, 11) is 1.51. The summed E-state index contributed by atoms with van der Waals surface area (Å²) in [6, 6.07) is 3.04. The molecule has 0 aliphatic rings. The zero-order chi connectivity index (χ0) is 13.0. The molecule has 0 heterocycles. The van der Waals surface area contributed by atoms with Gasteiger partial charge in [-0.15, -0.1) is 0 Å². The monoisotopic (exact) mass is 256 g/mol. The minimum atomic E-state index is -0.904. The minimum Gasteiger partial charge on any atom is -0.496 e. The van der Waals surface area contributed by atoms with Gasteiger partial charge in [-0.25, -0.2) is 4.79 Å². The molecule has 92 valence electrons. The van der Waals surface area contributed by atoms with Crippen molar-refractivity contribution in [3.05, 3.63) is 28.3 Å². The molecule has 0 aliphatic heterocycles. The van der Waals surface area contributed by atoms with Gasteiger partial charge in [-0.2, -0.15) is 0 Å². The van der Waals surface area contributed by atoms with Gasteiger partial charge in [0.05, 0.1) is 18.7 Å². The molecule has 4 nitrogen and oxygen atoms in total. The number of benzene rings is 1. The molecule has 0 N–H and O–H groups in total. The Kier molecular flexibility index (Phi) is 4.52. The van der Waals surface area contributed by atoms with Crippen LogP contribution in [0.4, 0.5) is 0 Å². The van der Waals surface area contributed by atoms with Crippen molar-refractivity contribution in [1.29, 1.82) is 0 Å². The molecular weight excluding hydrogens is 244 g/mol. The molecule has 0 spiro atoms. The Balaban J connectivity index is 3.12. The van der Waals surface area contributed by atoms with Crippen LogP contribution in [0.2, 0.25) is 5.02 Å². The average Bonchev–Trinajstić information content (AvgIpc) is 2.32. The molecule has 0 saturated carbocycles. The maximum atomic E-state index is 11.7. The minimum absolute atomic E-state index is 0.128. The fourth-order valence-electron chi connectivity index (χ4n) is 1.37. The molecule has 5 heteroatoms. The lowest BCUT2D eigenvalue weighted by Gasteiger charge is -2.09. The fourth-order valence-corrected chi connectivity index (χ4v) is 1.61. The van der Waals surface area contributed by atoms with Gasteiger partial charge in [-0.1, -0.05) is 11.6 Å². The molecule has 1 rings (SSSR count). The zero-order valence-electron chi connectivity index (χ0n) is 9.87. The van der Waals surface area contributed by atoms with Crippen molar-refractivity contribution < 1.29 is 19.1 Å². The molecule has 0 amide bonds. The van der Waals surface area contributed by atoms with Crippen molar-refractivity contribution in [3.63, 3.8) is 0 Å². The highest BCUT2D eigenvalue weighted by atomic mass is 35.5. The fraction of sp³-hybridized carbons (Fsp3) is 0.333. The van der Waals surface area contributed by atoms with Gasteiger partial charge in [-0.3, -0.25) is 4.79 Å². The number of methoxy groups -OCH3 is 1. The van der Waals surface area contributed by atoms with Crippen LogP contribution in [0.15, 0.2) is 12.1 Å². The van der Waals surface area contributed by atoms with E-state index >= 15 is 0 Å². The lowest BCUT2D eigenvalue weighted by Crippen LogP contribution is -2.18. The van der Waals surface area contributed by atoms with E-state index in [9.17, 15) is 9.59 Å². The largest absolute Gasteiger partial charge is 0.496 e. The Morgan fingerprint density at radius 2 is 2.00 bits per heavy atom. The number of carbonyl (C=O) groups excluding carboxylic acids is 2. The summed E-state index contributed by atoms with van der Waals surface area (Å²) >= 11 is 6.01. The van der Waals surface area contributed by atoms with Crippen molar-refractivity contribution in [3.8, 4) is 5.75 Å². The van der Waals surface area contributed by atoms with E-state index in [1.807, 2.05) is 0 Å². The number of rotatable bonds is 4. The number of Topliss-reactive ketones (excluding diaryl/α,β-unsaturated/α-hetero) is 1. The molecular formula is C12H13ClO4. The first-order chi connectivity index (χ1) is 8.02. The predicted molar refractivity (Wildman–Crippen MR) is 63.7 cm³/mol. The summed E-state index contributed by atoms with van der Waals surface area (Å²) in [4.78, 5) is 23.0. The zero-order valence-corrected chi connectivity index (χ0v) is 10.6. The second kappa shape index (κ2) is 5.68. The summed E-state index contributed by atoms with van der Waals surface area (Å²) in [6.07, 6.45) is 0. The molecule has 1 aromatic rings. The maximum Gasteiger partial charge on any atom is 0.379 e. The highest BCUT2D eigenvalue weighted by Crippen LogP contribution is 2.29. The van der Waals surface area contributed by atoms with E-state index in [-0.39, 0.29) is 17.2 Å². The lowest BCUT2D eigenvalue weighted by molar-refractivity contribution is -0.137. The molecule has 0 aliphatic carbocycles. The second-order valence-corrected chi connectivity index (χ2v) is 3.68. The third-order valence-electron chi connectivity index (χ3n) is 2.26. The topological polar surface area (TPSA) is 52.6 Å². The van der Waals surface area contributed by atoms with Crippen LogP contribution in [-0.2, 0) is 9.53 Å². The number of hydrogen-bond acceptors (Lipinski definition) is 4. The van der Waals surface area contributed by atoms with E-state index in [1.54, 1.807) is 19.9 Å². The van der Waals surface area contributed by atoms with Gasteiger partial charge in [0.15, 0.2) is 0 Å². The highest BCUT2D eigenvalue weighted by molar-refractivity contribution is 6.45. The number of carbonyl (C=O) groups is 2. The van der Waals surface area contributed by atoms with E-state index in [1.165, 1.54) is 13.2 Å².